The molecule has 0 radical (unpaired) electrons. The van der Waals surface area contributed by atoms with Gasteiger partial charge in [-0.25, -0.2) is 9.78 Å². The van der Waals surface area contributed by atoms with E-state index in [9.17, 15) is 4.79 Å². The van der Waals surface area contributed by atoms with E-state index in [1.807, 2.05) is 19.2 Å². The minimum atomic E-state index is -0.139. The minimum absolute atomic E-state index is 0.139. The van der Waals surface area contributed by atoms with Gasteiger partial charge in [-0.2, -0.15) is 0 Å². The summed E-state index contributed by atoms with van der Waals surface area (Å²) in [5.74, 6) is 0.300. The van der Waals surface area contributed by atoms with E-state index in [1.54, 1.807) is 11.3 Å². The summed E-state index contributed by atoms with van der Waals surface area (Å²) in [6.07, 6.45) is 2.51. The number of aliphatic hydroxyl groups excluding tert-OH is 1. The number of carbonyl (C=O) groups is 1. The Morgan fingerprint density at radius 3 is 2.95 bits per heavy atom. The van der Waals surface area contributed by atoms with E-state index in [-0.39, 0.29) is 12.6 Å². The Bertz CT molecular complexity index is 382. The number of hydrogen-bond acceptors (Lipinski definition) is 4. The number of aryl methyl sites for hydroxylation is 2. The molecule has 2 amide bonds. The average molecular weight is 285 g/mol. The molecule has 0 saturated carbocycles. The van der Waals surface area contributed by atoms with Gasteiger partial charge in [0, 0.05) is 37.2 Å². The summed E-state index contributed by atoms with van der Waals surface area (Å²) in [4.78, 5) is 15.8. The van der Waals surface area contributed by atoms with Crippen molar-refractivity contribution in [2.45, 2.75) is 33.1 Å². The molecule has 1 heterocycles. The van der Waals surface area contributed by atoms with E-state index in [2.05, 4.69) is 15.6 Å². The Balaban J connectivity index is 2.04. The van der Waals surface area contributed by atoms with Gasteiger partial charge < -0.3 is 15.7 Å². The Morgan fingerprint density at radius 1 is 1.53 bits per heavy atom. The largest absolute Gasteiger partial charge is 0.396 e. The first-order valence-electron chi connectivity index (χ1n) is 6.65. The summed E-state index contributed by atoms with van der Waals surface area (Å²) in [5.41, 5.74) is 1.06. The van der Waals surface area contributed by atoms with Crippen molar-refractivity contribution in [2.75, 3.05) is 19.7 Å². The number of nitrogens with zero attached hydrogens (tertiary/aromatic N) is 1. The van der Waals surface area contributed by atoms with Crippen LogP contribution < -0.4 is 10.6 Å². The van der Waals surface area contributed by atoms with E-state index in [1.165, 1.54) is 0 Å². The molecule has 1 rings (SSSR count). The second-order valence-electron chi connectivity index (χ2n) is 4.74. The first-order valence-corrected chi connectivity index (χ1v) is 7.53. The maximum Gasteiger partial charge on any atom is 0.314 e. The van der Waals surface area contributed by atoms with Crippen LogP contribution in [0.5, 0.6) is 0 Å². The molecule has 1 atom stereocenters. The highest BCUT2D eigenvalue weighted by Gasteiger charge is 2.04. The monoisotopic (exact) mass is 285 g/mol. The zero-order valence-electron chi connectivity index (χ0n) is 11.6. The third kappa shape index (κ3) is 7.12. The molecule has 0 saturated heterocycles. The fourth-order valence-corrected chi connectivity index (χ4v) is 2.43. The molecule has 0 aliphatic carbocycles. The van der Waals surface area contributed by atoms with Gasteiger partial charge in [0.25, 0.3) is 0 Å². The second-order valence-corrected chi connectivity index (χ2v) is 5.68. The number of carbonyl (C=O) groups excluding carboxylic acids is 1. The lowest BCUT2D eigenvalue weighted by molar-refractivity contribution is 0.234. The fraction of sp³-hybridized carbons (Fsp3) is 0.692. The lowest BCUT2D eigenvalue weighted by atomic mass is 10.1. The molecular weight excluding hydrogens is 262 g/mol. The standard InChI is InChI=1S/C13H23N3O2S/c1-10(5-7-17)8-15-13(18)14-6-3-4-12-16-11(2)9-19-12/h9-10,17H,3-8H2,1-2H3,(H2,14,15,18). The zero-order chi connectivity index (χ0) is 14.1. The average Bonchev–Trinajstić information content (AvgIpc) is 2.78. The molecule has 3 N–H and O–H groups in total. The summed E-state index contributed by atoms with van der Waals surface area (Å²) >= 11 is 1.66. The highest BCUT2D eigenvalue weighted by Crippen LogP contribution is 2.10. The molecular formula is C13H23N3O2S. The third-order valence-electron chi connectivity index (χ3n) is 2.75. The SMILES string of the molecule is Cc1csc(CCCNC(=O)NCC(C)CCO)n1. The van der Waals surface area contributed by atoms with Gasteiger partial charge in [-0.1, -0.05) is 6.92 Å². The molecule has 1 unspecified atom stereocenters. The lowest BCUT2D eigenvalue weighted by Crippen LogP contribution is -2.38. The topological polar surface area (TPSA) is 74.2 Å². The van der Waals surface area contributed by atoms with E-state index >= 15 is 0 Å². The molecule has 1 aromatic rings. The van der Waals surface area contributed by atoms with E-state index < -0.39 is 0 Å². The van der Waals surface area contributed by atoms with Gasteiger partial charge in [0.1, 0.15) is 0 Å². The van der Waals surface area contributed by atoms with Crippen molar-refractivity contribution in [3.05, 3.63) is 16.1 Å². The molecule has 19 heavy (non-hydrogen) atoms. The number of aromatic nitrogens is 1. The van der Waals surface area contributed by atoms with Crippen molar-refractivity contribution in [3.63, 3.8) is 0 Å². The number of thiazole rings is 1. The van der Waals surface area contributed by atoms with Crippen molar-refractivity contribution < 1.29 is 9.90 Å². The summed E-state index contributed by atoms with van der Waals surface area (Å²) < 4.78 is 0. The van der Waals surface area contributed by atoms with Gasteiger partial charge in [-0.3, -0.25) is 0 Å². The lowest BCUT2D eigenvalue weighted by Gasteiger charge is -2.11. The maximum absolute atomic E-state index is 11.5. The number of nitrogens with one attached hydrogen (secondary N) is 2. The number of amides is 2. The quantitative estimate of drug-likeness (QED) is 0.636. The Labute approximate surface area is 118 Å². The summed E-state index contributed by atoms with van der Waals surface area (Å²) in [6.45, 7) is 5.40. The second kappa shape index (κ2) is 8.87. The first-order chi connectivity index (χ1) is 9.11. The van der Waals surface area contributed by atoms with Gasteiger partial charge in [-0.15, -0.1) is 11.3 Å². The van der Waals surface area contributed by atoms with Gasteiger partial charge in [0.05, 0.1) is 5.01 Å². The van der Waals surface area contributed by atoms with Crippen molar-refractivity contribution in [1.82, 2.24) is 15.6 Å². The number of hydrogen-bond donors (Lipinski definition) is 3. The van der Waals surface area contributed by atoms with Gasteiger partial charge in [-0.05, 0) is 25.7 Å². The summed E-state index contributed by atoms with van der Waals surface area (Å²) in [5, 5.41) is 17.5. The molecule has 0 fully saturated rings. The van der Waals surface area contributed by atoms with Crippen LogP contribution in [0.25, 0.3) is 0 Å². The molecule has 6 heteroatoms. The van der Waals surface area contributed by atoms with Crippen molar-refractivity contribution >= 4 is 17.4 Å². The predicted octanol–water partition coefficient (Wildman–Crippen LogP) is 1.70. The fourth-order valence-electron chi connectivity index (χ4n) is 1.61. The van der Waals surface area contributed by atoms with Gasteiger partial charge in [0.15, 0.2) is 0 Å². The smallest absolute Gasteiger partial charge is 0.314 e. The predicted molar refractivity (Wildman–Crippen MR) is 77.4 cm³/mol. The van der Waals surface area contributed by atoms with Crippen LogP contribution in [0.3, 0.4) is 0 Å². The van der Waals surface area contributed by atoms with Gasteiger partial charge >= 0.3 is 6.03 Å². The van der Waals surface area contributed by atoms with Crippen molar-refractivity contribution in [1.29, 1.82) is 0 Å². The highest BCUT2D eigenvalue weighted by atomic mass is 32.1. The van der Waals surface area contributed by atoms with Crippen LogP contribution in [0.15, 0.2) is 5.38 Å². The molecule has 0 aliphatic rings. The number of urea groups is 1. The van der Waals surface area contributed by atoms with E-state index in [0.29, 0.717) is 25.4 Å². The van der Waals surface area contributed by atoms with Crippen molar-refractivity contribution in [3.8, 4) is 0 Å². The molecule has 0 spiro atoms. The van der Waals surface area contributed by atoms with Crippen LogP contribution in [0.4, 0.5) is 4.79 Å². The Morgan fingerprint density at radius 2 is 2.32 bits per heavy atom. The third-order valence-corrected chi connectivity index (χ3v) is 3.78. The first kappa shape index (κ1) is 15.9. The molecule has 0 bridgehead atoms. The molecule has 1 aromatic heterocycles. The van der Waals surface area contributed by atoms with Crippen LogP contribution in [-0.2, 0) is 6.42 Å². The van der Waals surface area contributed by atoms with Crippen LogP contribution >= 0.6 is 11.3 Å². The van der Waals surface area contributed by atoms with E-state index in [4.69, 9.17) is 5.11 Å². The Kier molecular flexibility index (Phi) is 7.43. The summed E-state index contributed by atoms with van der Waals surface area (Å²) in [6, 6.07) is -0.139. The van der Waals surface area contributed by atoms with E-state index in [0.717, 1.165) is 23.5 Å². The van der Waals surface area contributed by atoms with Crippen LogP contribution in [-0.4, -0.2) is 35.8 Å². The minimum Gasteiger partial charge on any atom is -0.396 e. The maximum atomic E-state index is 11.5. The molecule has 5 nitrogen and oxygen atoms in total. The summed E-state index contributed by atoms with van der Waals surface area (Å²) in [7, 11) is 0. The molecule has 0 aromatic carbocycles. The van der Waals surface area contributed by atoms with Crippen LogP contribution in [0.2, 0.25) is 0 Å². The van der Waals surface area contributed by atoms with Crippen LogP contribution in [0.1, 0.15) is 30.5 Å². The van der Waals surface area contributed by atoms with Crippen LogP contribution in [0, 0.1) is 12.8 Å². The highest BCUT2D eigenvalue weighted by molar-refractivity contribution is 7.09. The normalized spacial score (nSPS) is 12.2. The van der Waals surface area contributed by atoms with Crippen molar-refractivity contribution in [2.24, 2.45) is 5.92 Å². The molecule has 0 aliphatic heterocycles. The zero-order valence-corrected chi connectivity index (χ0v) is 12.4. The number of aliphatic hydroxyl groups is 1. The molecule has 108 valence electrons. The Hall–Kier alpha value is -1.14. The number of rotatable bonds is 8. The van der Waals surface area contributed by atoms with Gasteiger partial charge in [0.2, 0.25) is 0 Å².